The molecule has 5 nitrogen and oxygen atoms in total. The van der Waals surface area contributed by atoms with Crippen molar-refractivity contribution in [3.05, 3.63) is 149 Å². The molecule has 0 fully saturated rings. The number of hydrogen-bond acceptors (Lipinski definition) is 3. The van der Waals surface area contributed by atoms with Crippen LogP contribution in [0.4, 0.5) is 5.82 Å². The molecule has 0 aliphatic rings. The molecule has 1 heterocycles. The molecule has 0 spiro atoms. The van der Waals surface area contributed by atoms with E-state index < -0.39 is 5.54 Å². The van der Waals surface area contributed by atoms with Crippen molar-refractivity contribution in [2.45, 2.75) is 5.54 Å². The Morgan fingerprint density at radius 1 is 0.744 bits per heavy atom. The van der Waals surface area contributed by atoms with Crippen molar-refractivity contribution in [1.82, 2.24) is 9.78 Å². The van der Waals surface area contributed by atoms with Crippen molar-refractivity contribution < 1.29 is 9.90 Å². The maximum absolute atomic E-state index is 11.7. The van der Waals surface area contributed by atoms with E-state index in [0.717, 1.165) is 38.7 Å². The summed E-state index contributed by atoms with van der Waals surface area (Å²) in [5.41, 5.74) is 4.66. The van der Waals surface area contributed by atoms with E-state index >= 15 is 0 Å². The van der Waals surface area contributed by atoms with Gasteiger partial charge in [-0.3, -0.25) is 4.79 Å². The summed E-state index contributed by atoms with van der Waals surface area (Å²) in [5, 5.41) is 18.9. The van der Waals surface area contributed by atoms with Gasteiger partial charge in [-0.05, 0) is 52.6 Å². The number of hydrogen-bond donors (Lipinski definition) is 2. The Morgan fingerprint density at radius 3 is 1.82 bits per heavy atom. The van der Waals surface area contributed by atoms with Gasteiger partial charge in [-0.15, -0.1) is 0 Å². The highest BCUT2D eigenvalue weighted by Gasteiger charge is 2.40. The molecule has 0 saturated heterocycles. The number of rotatable bonds is 7. The van der Waals surface area contributed by atoms with Gasteiger partial charge < -0.3 is 10.4 Å². The highest BCUT2D eigenvalue weighted by atomic mass is 35.5. The monoisotopic (exact) mass is 529 g/mol. The van der Waals surface area contributed by atoms with E-state index in [-0.39, 0.29) is 5.75 Å². The van der Waals surface area contributed by atoms with Crippen LogP contribution in [0.1, 0.15) is 16.7 Å². The second-order valence-corrected chi connectivity index (χ2v) is 9.63. The number of nitrogens with zero attached hydrogens (tertiary/aromatic N) is 2. The maximum atomic E-state index is 11.7. The quantitative estimate of drug-likeness (QED) is 0.166. The van der Waals surface area contributed by atoms with Gasteiger partial charge in [0.05, 0.1) is 10.5 Å². The number of aromatic hydroxyl groups is 1. The van der Waals surface area contributed by atoms with E-state index in [1.165, 1.54) is 6.07 Å². The molecule has 39 heavy (non-hydrogen) atoms. The zero-order valence-corrected chi connectivity index (χ0v) is 21.6. The van der Waals surface area contributed by atoms with Gasteiger partial charge >= 0.3 is 0 Å². The van der Waals surface area contributed by atoms with Gasteiger partial charge in [0.15, 0.2) is 5.82 Å². The molecule has 0 bridgehead atoms. The van der Waals surface area contributed by atoms with Crippen molar-refractivity contribution in [1.29, 1.82) is 0 Å². The Bertz CT molecular complexity index is 1670. The van der Waals surface area contributed by atoms with Crippen molar-refractivity contribution in [2.75, 3.05) is 5.32 Å². The average molecular weight is 530 g/mol. The van der Waals surface area contributed by atoms with Gasteiger partial charge in [0.1, 0.15) is 11.3 Å². The number of benzene rings is 5. The lowest BCUT2D eigenvalue weighted by Crippen LogP contribution is -2.38. The number of phenolic OH excluding ortho intramolecular Hbond substituents is 1. The topological polar surface area (TPSA) is 67.2 Å². The molecule has 0 atom stereocenters. The molecule has 0 aliphatic carbocycles. The molecule has 6 heteroatoms. The fourth-order valence-electron chi connectivity index (χ4n) is 5.35. The molecule has 0 saturated carbocycles. The normalized spacial score (nSPS) is 11.4. The van der Waals surface area contributed by atoms with Crippen LogP contribution >= 0.6 is 11.6 Å². The third-order valence-electron chi connectivity index (χ3n) is 7.03. The standard InChI is InChI=1S/C33H24ClN3O2/c34-30-21-27(39)17-18-28(30)23-16-19-31-29(20-23)32(35-22-38)36-37(31)33(24-10-4-1-5-11-24,25-12-6-2-7-13-25)26-14-8-3-9-15-26/h1-22,39H,(H,35,36,38). The predicted molar refractivity (Wildman–Crippen MR) is 156 cm³/mol. The first-order chi connectivity index (χ1) is 19.1. The summed E-state index contributed by atoms with van der Waals surface area (Å²) in [6, 6.07) is 41.6. The second kappa shape index (κ2) is 10.1. The Labute approximate surface area is 230 Å². The Kier molecular flexibility index (Phi) is 6.35. The van der Waals surface area contributed by atoms with Crippen LogP contribution in [0.2, 0.25) is 5.02 Å². The van der Waals surface area contributed by atoms with Gasteiger partial charge in [0.2, 0.25) is 6.41 Å². The van der Waals surface area contributed by atoms with Crippen molar-refractivity contribution >= 4 is 34.7 Å². The van der Waals surface area contributed by atoms with E-state index in [4.69, 9.17) is 16.7 Å². The number of halogens is 1. The smallest absolute Gasteiger partial charge is 0.212 e. The summed E-state index contributed by atoms with van der Waals surface area (Å²) < 4.78 is 2.00. The molecular weight excluding hydrogens is 506 g/mol. The SMILES string of the molecule is O=CNc1nn(C(c2ccccc2)(c2ccccc2)c2ccccc2)c2ccc(-c3ccc(O)cc3Cl)cc12. The number of amides is 1. The third kappa shape index (κ3) is 4.13. The zero-order chi connectivity index (χ0) is 26.8. The third-order valence-corrected chi connectivity index (χ3v) is 7.34. The van der Waals surface area contributed by atoms with Gasteiger partial charge in [-0.25, -0.2) is 4.68 Å². The zero-order valence-electron chi connectivity index (χ0n) is 20.8. The van der Waals surface area contributed by atoms with Crippen LogP contribution < -0.4 is 5.32 Å². The highest BCUT2D eigenvalue weighted by molar-refractivity contribution is 6.33. The summed E-state index contributed by atoms with van der Waals surface area (Å²) in [5.74, 6) is 0.531. The number of anilines is 1. The molecule has 0 aliphatic heterocycles. The summed E-state index contributed by atoms with van der Waals surface area (Å²) in [6.07, 6.45) is 0.640. The average Bonchev–Trinajstić information content (AvgIpc) is 3.33. The van der Waals surface area contributed by atoms with Crippen LogP contribution in [-0.2, 0) is 10.3 Å². The van der Waals surface area contributed by atoms with Gasteiger partial charge in [-0.1, -0.05) is 109 Å². The molecule has 6 aromatic rings. The number of carbonyl (C=O) groups excluding carboxylic acids is 1. The minimum atomic E-state index is -0.845. The first kappa shape index (κ1) is 24.5. The fraction of sp³-hybridized carbons (Fsp3) is 0.0303. The van der Waals surface area contributed by atoms with Crippen LogP contribution in [0.25, 0.3) is 22.0 Å². The van der Waals surface area contributed by atoms with Gasteiger partial charge in [0.25, 0.3) is 0 Å². The Hall–Kier alpha value is -4.87. The Morgan fingerprint density at radius 2 is 1.31 bits per heavy atom. The predicted octanol–water partition coefficient (Wildman–Crippen LogP) is 7.47. The fourth-order valence-corrected chi connectivity index (χ4v) is 5.63. The Balaban J connectivity index is 1.71. The van der Waals surface area contributed by atoms with Crippen LogP contribution in [-0.4, -0.2) is 21.3 Å². The minimum absolute atomic E-state index is 0.0966. The number of nitrogens with one attached hydrogen (secondary N) is 1. The van der Waals surface area contributed by atoms with Crippen molar-refractivity contribution in [3.63, 3.8) is 0 Å². The minimum Gasteiger partial charge on any atom is -0.508 e. The lowest BCUT2D eigenvalue weighted by Gasteiger charge is -2.37. The molecule has 0 unspecified atom stereocenters. The van der Waals surface area contributed by atoms with E-state index in [1.54, 1.807) is 12.1 Å². The number of aromatic nitrogens is 2. The van der Waals surface area contributed by atoms with Crippen LogP contribution in [0, 0.1) is 0 Å². The van der Waals surface area contributed by atoms with Crippen LogP contribution in [0.15, 0.2) is 127 Å². The molecule has 190 valence electrons. The molecule has 6 rings (SSSR count). The number of fused-ring (bicyclic) bond motifs is 1. The largest absolute Gasteiger partial charge is 0.508 e. The lowest BCUT2D eigenvalue weighted by atomic mass is 9.77. The summed E-state index contributed by atoms with van der Waals surface area (Å²) >= 11 is 6.48. The van der Waals surface area contributed by atoms with Gasteiger partial charge in [-0.2, -0.15) is 5.10 Å². The number of carbonyl (C=O) groups is 1. The first-order valence-electron chi connectivity index (χ1n) is 12.5. The molecule has 1 amide bonds. The van der Waals surface area contributed by atoms with E-state index in [0.29, 0.717) is 17.3 Å². The molecule has 1 aromatic heterocycles. The van der Waals surface area contributed by atoms with Gasteiger partial charge in [0, 0.05) is 10.9 Å². The molecule has 2 N–H and O–H groups in total. The molecule has 5 aromatic carbocycles. The van der Waals surface area contributed by atoms with Crippen LogP contribution in [0.3, 0.4) is 0 Å². The maximum Gasteiger partial charge on any atom is 0.212 e. The van der Waals surface area contributed by atoms with Crippen molar-refractivity contribution in [3.8, 4) is 16.9 Å². The van der Waals surface area contributed by atoms with Crippen molar-refractivity contribution in [2.24, 2.45) is 0 Å². The van der Waals surface area contributed by atoms with E-state index in [9.17, 15) is 9.90 Å². The summed E-state index contributed by atoms with van der Waals surface area (Å²) in [7, 11) is 0. The summed E-state index contributed by atoms with van der Waals surface area (Å²) in [4.78, 5) is 11.7. The highest BCUT2D eigenvalue weighted by Crippen LogP contribution is 2.44. The number of phenols is 1. The van der Waals surface area contributed by atoms with E-state index in [1.807, 2.05) is 77.5 Å². The lowest BCUT2D eigenvalue weighted by molar-refractivity contribution is -0.105. The van der Waals surface area contributed by atoms with E-state index in [2.05, 4.69) is 41.7 Å². The summed E-state index contributed by atoms with van der Waals surface area (Å²) in [6.45, 7) is 0. The first-order valence-corrected chi connectivity index (χ1v) is 12.9. The molecule has 0 radical (unpaired) electrons. The second-order valence-electron chi connectivity index (χ2n) is 9.23. The molecular formula is C33H24ClN3O2. The van der Waals surface area contributed by atoms with Crippen LogP contribution in [0.5, 0.6) is 5.75 Å².